The Morgan fingerprint density at radius 1 is 1.11 bits per heavy atom. The Labute approximate surface area is 213 Å². The van der Waals surface area contributed by atoms with Crippen LogP contribution >= 0.6 is 0 Å². The van der Waals surface area contributed by atoms with Gasteiger partial charge in [-0.2, -0.15) is 9.61 Å². The molecule has 3 aromatic heterocycles. The summed E-state index contributed by atoms with van der Waals surface area (Å²) in [6.07, 6.45) is 8.06. The van der Waals surface area contributed by atoms with Crippen molar-refractivity contribution >= 4 is 11.6 Å². The number of carbonyl (C=O) groups excluding carboxylic acids is 1. The molecule has 2 atom stereocenters. The fraction of sp³-hybridized carbons (Fsp3) is 0.393. The third-order valence-corrected chi connectivity index (χ3v) is 8.05. The number of fused-ring (bicyclic) bond motifs is 1. The molecule has 2 unspecified atom stereocenters. The summed E-state index contributed by atoms with van der Waals surface area (Å²) >= 11 is 0. The van der Waals surface area contributed by atoms with Crippen LogP contribution in [0.3, 0.4) is 0 Å². The molecule has 1 N–H and O–H groups in total. The Kier molecular flexibility index (Phi) is 5.85. The van der Waals surface area contributed by atoms with E-state index in [0.29, 0.717) is 35.2 Å². The zero-order valence-corrected chi connectivity index (χ0v) is 20.9. The SMILES string of the molecule is Cc1nccnc1-c1nn2c(=O)cc(-c3ccc(C4CCCC4)cc3)[nH]c2c1C(=O)N1CC(CF)C1C. The highest BCUT2D eigenvalue weighted by Gasteiger charge is 2.41. The van der Waals surface area contributed by atoms with Crippen LogP contribution in [-0.2, 0) is 0 Å². The van der Waals surface area contributed by atoms with Crippen molar-refractivity contribution in [2.45, 2.75) is 51.5 Å². The Bertz CT molecular complexity index is 1540. The lowest BCUT2D eigenvalue weighted by Crippen LogP contribution is -2.58. The third kappa shape index (κ3) is 3.93. The first-order valence-corrected chi connectivity index (χ1v) is 12.9. The monoisotopic (exact) mass is 500 g/mol. The van der Waals surface area contributed by atoms with E-state index in [-0.39, 0.29) is 34.7 Å². The molecule has 4 aromatic rings. The molecule has 1 aromatic carbocycles. The van der Waals surface area contributed by atoms with Crippen LogP contribution in [0, 0.1) is 12.8 Å². The standard InChI is InChI=1S/C28H29FN6O2/c1-16-25(31-12-11-30-16)26-24(28(37)34-15-21(14-29)17(34)2)27-32-22(13-23(36)35(27)33-26)20-9-7-19(8-10-20)18-5-3-4-6-18/h7-13,17-18,21,32H,3-6,14-15H2,1-2H3. The normalized spacial score (nSPS) is 19.9. The van der Waals surface area contributed by atoms with Crippen LogP contribution in [0.5, 0.6) is 0 Å². The second kappa shape index (κ2) is 9.21. The number of nitrogens with one attached hydrogen (secondary N) is 1. The van der Waals surface area contributed by atoms with E-state index in [0.717, 1.165) is 5.56 Å². The molecule has 0 spiro atoms. The number of likely N-dealkylation sites (tertiary alicyclic amines) is 1. The lowest BCUT2D eigenvalue weighted by atomic mass is 9.90. The fourth-order valence-electron chi connectivity index (χ4n) is 5.68. The zero-order valence-electron chi connectivity index (χ0n) is 20.9. The van der Waals surface area contributed by atoms with Gasteiger partial charge in [-0.3, -0.25) is 23.9 Å². The van der Waals surface area contributed by atoms with E-state index in [4.69, 9.17) is 0 Å². The van der Waals surface area contributed by atoms with Gasteiger partial charge in [0, 0.05) is 37.0 Å². The van der Waals surface area contributed by atoms with Crippen molar-refractivity contribution in [2.24, 2.45) is 5.92 Å². The molecular formula is C28H29FN6O2. The molecule has 4 heterocycles. The van der Waals surface area contributed by atoms with Crippen LogP contribution in [0.15, 0.2) is 47.5 Å². The zero-order chi connectivity index (χ0) is 25.7. The van der Waals surface area contributed by atoms with Gasteiger partial charge < -0.3 is 9.88 Å². The van der Waals surface area contributed by atoms with E-state index >= 15 is 0 Å². The Morgan fingerprint density at radius 3 is 2.51 bits per heavy atom. The number of alkyl halides is 1. The average Bonchev–Trinajstić information content (AvgIpc) is 3.57. The lowest BCUT2D eigenvalue weighted by Gasteiger charge is -2.45. The van der Waals surface area contributed by atoms with Gasteiger partial charge in [-0.25, -0.2) is 0 Å². The quantitative estimate of drug-likeness (QED) is 0.434. The van der Waals surface area contributed by atoms with Crippen LogP contribution in [0.2, 0.25) is 0 Å². The fourth-order valence-corrected chi connectivity index (χ4v) is 5.68. The smallest absolute Gasteiger partial charge is 0.274 e. The molecule has 1 aliphatic carbocycles. The minimum Gasteiger partial charge on any atom is -0.339 e. The Balaban J connectivity index is 1.49. The molecule has 6 rings (SSSR count). The van der Waals surface area contributed by atoms with E-state index in [2.05, 4.69) is 32.2 Å². The highest BCUT2D eigenvalue weighted by molar-refractivity contribution is 6.06. The first kappa shape index (κ1) is 23.5. The minimum atomic E-state index is -0.479. The van der Waals surface area contributed by atoms with Gasteiger partial charge in [-0.15, -0.1) is 0 Å². The molecule has 1 saturated heterocycles. The second-order valence-corrected chi connectivity index (χ2v) is 10.2. The van der Waals surface area contributed by atoms with Crippen molar-refractivity contribution in [3.63, 3.8) is 0 Å². The highest BCUT2D eigenvalue weighted by Crippen LogP contribution is 2.35. The molecule has 1 aliphatic heterocycles. The van der Waals surface area contributed by atoms with Gasteiger partial charge >= 0.3 is 0 Å². The van der Waals surface area contributed by atoms with Gasteiger partial charge in [0.05, 0.1) is 18.1 Å². The maximum atomic E-state index is 13.8. The Hall–Kier alpha value is -3.88. The number of aromatic amines is 1. The van der Waals surface area contributed by atoms with E-state index < -0.39 is 6.67 Å². The maximum absolute atomic E-state index is 13.8. The van der Waals surface area contributed by atoms with Crippen LogP contribution in [0.4, 0.5) is 4.39 Å². The van der Waals surface area contributed by atoms with Crippen LogP contribution in [0.1, 0.15) is 60.1 Å². The van der Waals surface area contributed by atoms with Crippen LogP contribution in [-0.4, -0.2) is 54.6 Å². The first-order chi connectivity index (χ1) is 18.0. The summed E-state index contributed by atoms with van der Waals surface area (Å²) in [6, 6.07) is 9.54. The Morgan fingerprint density at radius 2 is 1.84 bits per heavy atom. The number of hydrogen-bond donors (Lipinski definition) is 1. The molecule has 1 amide bonds. The first-order valence-electron chi connectivity index (χ1n) is 12.9. The topological polar surface area (TPSA) is 96.2 Å². The number of benzene rings is 1. The maximum Gasteiger partial charge on any atom is 0.274 e. The largest absolute Gasteiger partial charge is 0.339 e. The summed E-state index contributed by atoms with van der Waals surface area (Å²) < 4.78 is 14.5. The second-order valence-electron chi connectivity index (χ2n) is 10.2. The van der Waals surface area contributed by atoms with Crippen molar-refractivity contribution in [1.29, 1.82) is 0 Å². The van der Waals surface area contributed by atoms with E-state index in [1.165, 1.54) is 48.0 Å². The van der Waals surface area contributed by atoms with Gasteiger partial charge in [-0.05, 0) is 43.7 Å². The average molecular weight is 501 g/mol. The molecule has 37 heavy (non-hydrogen) atoms. The number of aromatic nitrogens is 5. The van der Waals surface area contributed by atoms with Crippen molar-refractivity contribution in [2.75, 3.05) is 13.2 Å². The number of amides is 1. The van der Waals surface area contributed by atoms with Gasteiger partial charge in [0.2, 0.25) is 0 Å². The molecule has 1 saturated carbocycles. The van der Waals surface area contributed by atoms with Crippen LogP contribution in [0.25, 0.3) is 28.3 Å². The van der Waals surface area contributed by atoms with E-state index in [1.54, 1.807) is 18.0 Å². The summed E-state index contributed by atoms with van der Waals surface area (Å²) in [5.41, 5.74) is 4.26. The number of carbonyl (C=O) groups is 1. The molecule has 9 heteroatoms. The summed E-state index contributed by atoms with van der Waals surface area (Å²) in [4.78, 5) is 40.7. The van der Waals surface area contributed by atoms with Crippen molar-refractivity contribution in [3.8, 4) is 22.6 Å². The summed E-state index contributed by atoms with van der Waals surface area (Å²) in [7, 11) is 0. The predicted octanol–water partition coefficient (Wildman–Crippen LogP) is 4.54. The number of H-pyrrole nitrogens is 1. The molecule has 190 valence electrons. The lowest BCUT2D eigenvalue weighted by molar-refractivity contribution is 0.0142. The minimum absolute atomic E-state index is 0.194. The van der Waals surface area contributed by atoms with Gasteiger partial charge in [0.25, 0.3) is 11.5 Å². The highest BCUT2D eigenvalue weighted by atomic mass is 19.1. The van der Waals surface area contributed by atoms with Crippen molar-refractivity contribution < 1.29 is 9.18 Å². The van der Waals surface area contributed by atoms with Crippen molar-refractivity contribution in [3.05, 3.63) is 69.9 Å². The predicted molar refractivity (Wildman–Crippen MR) is 138 cm³/mol. The molecule has 0 radical (unpaired) electrons. The van der Waals surface area contributed by atoms with Gasteiger partial charge in [0.15, 0.2) is 5.65 Å². The third-order valence-electron chi connectivity index (χ3n) is 8.05. The van der Waals surface area contributed by atoms with E-state index in [1.807, 2.05) is 19.1 Å². The number of aryl methyl sites for hydroxylation is 1. The molecule has 0 bridgehead atoms. The summed E-state index contributed by atoms with van der Waals surface area (Å²) in [5, 5.41) is 4.52. The molecule has 2 aliphatic rings. The van der Waals surface area contributed by atoms with Crippen molar-refractivity contribution in [1.82, 2.24) is 29.5 Å². The summed E-state index contributed by atoms with van der Waals surface area (Å²) in [6.45, 7) is 3.46. The van der Waals surface area contributed by atoms with Gasteiger partial charge in [0.1, 0.15) is 17.0 Å². The van der Waals surface area contributed by atoms with Crippen LogP contribution < -0.4 is 5.56 Å². The molecule has 8 nitrogen and oxygen atoms in total. The van der Waals surface area contributed by atoms with Gasteiger partial charge in [-0.1, -0.05) is 37.1 Å². The molecular weight excluding hydrogens is 471 g/mol. The number of halogens is 1. The molecule has 2 fully saturated rings. The number of rotatable bonds is 5. The number of nitrogens with zero attached hydrogens (tertiary/aromatic N) is 5. The van der Waals surface area contributed by atoms with E-state index in [9.17, 15) is 14.0 Å². The summed E-state index contributed by atoms with van der Waals surface area (Å²) in [5.74, 6) is 0.0937. The number of hydrogen-bond acceptors (Lipinski definition) is 5.